The number of amides is 1. The van der Waals surface area contributed by atoms with Crippen molar-refractivity contribution in [3.8, 4) is 0 Å². The van der Waals surface area contributed by atoms with Gasteiger partial charge in [0.1, 0.15) is 17.0 Å². The van der Waals surface area contributed by atoms with Crippen molar-refractivity contribution in [2.75, 3.05) is 5.32 Å². The maximum Gasteiger partial charge on any atom is 0.265 e. The van der Waals surface area contributed by atoms with Crippen LogP contribution in [0.5, 0.6) is 0 Å². The van der Waals surface area contributed by atoms with E-state index in [4.69, 9.17) is 11.6 Å². The van der Waals surface area contributed by atoms with Crippen LogP contribution in [0.2, 0.25) is 5.02 Å². The summed E-state index contributed by atoms with van der Waals surface area (Å²) >= 11 is 5.93. The second-order valence-corrected chi connectivity index (χ2v) is 6.86. The zero-order chi connectivity index (χ0) is 20.4. The van der Waals surface area contributed by atoms with E-state index >= 15 is 0 Å². The second-order valence-electron chi connectivity index (χ2n) is 6.43. The summed E-state index contributed by atoms with van der Waals surface area (Å²) < 4.78 is 15.3. The molecule has 2 aromatic heterocycles. The lowest BCUT2D eigenvalue weighted by Crippen LogP contribution is -2.30. The number of carbonyl (C=O) groups excluding carboxylic acids is 1. The Labute approximate surface area is 170 Å². The van der Waals surface area contributed by atoms with Crippen molar-refractivity contribution in [1.82, 2.24) is 9.55 Å². The summed E-state index contributed by atoms with van der Waals surface area (Å²) in [5.74, 6) is -1.26. The smallest absolute Gasteiger partial charge is 0.265 e. The Balaban J connectivity index is 1.80. The van der Waals surface area contributed by atoms with E-state index < -0.39 is 17.3 Å². The Morgan fingerprint density at radius 3 is 2.59 bits per heavy atom. The van der Waals surface area contributed by atoms with Gasteiger partial charge >= 0.3 is 0 Å². The molecular weight excluding hydrogens is 393 g/mol. The molecule has 2 aromatic carbocycles. The number of hydrogen-bond donors (Lipinski definition) is 1. The zero-order valence-electron chi connectivity index (χ0n) is 15.1. The molecule has 29 heavy (non-hydrogen) atoms. The van der Waals surface area contributed by atoms with E-state index in [-0.39, 0.29) is 17.8 Å². The number of hydrogen-bond acceptors (Lipinski definition) is 3. The molecule has 5 nitrogen and oxygen atoms in total. The fourth-order valence-corrected chi connectivity index (χ4v) is 3.17. The summed E-state index contributed by atoms with van der Waals surface area (Å²) in [6.45, 7) is 0.213. The van der Waals surface area contributed by atoms with Crippen LogP contribution < -0.4 is 10.9 Å². The van der Waals surface area contributed by atoms with Gasteiger partial charge in [0.05, 0.1) is 12.2 Å². The molecule has 0 spiro atoms. The van der Waals surface area contributed by atoms with E-state index in [9.17, 15) is 14.0 Å². The number of pyridine rings is 2. The first-order valence-electron chi connectivity index (χ1n) is 8.82. The maximum absolute atomic E-state index is 13.9. The van der Waals surface area contributed by atoms with Gasteiger partial charge < -0.3 is 5.32 Å². The van der Waals surface area contributed by atoms with E-state index in [1.54, 1.807) is 48.7 Å². The minimum Gasteiger partial charge on any atom is -0.319 e. The predicted molar refractivity (Wildman–Crippen MR) is 111 cm³/mol. The summed E-state index contributed by atoms with van der Waals surface area (Å²) in [5.41, 5.74) is 0.681. The molecule has 2 heterocycles. The van der Waals surface area contributed by atoms with Gasteiger partial charge in [0.2, 0.25) is 0 Å². The van der Waals surface area contributed by atoms with Crippen LogP contribution in [-0.4, -0.2) is 15.5 Å². The number of fused-ring (bicyclic) bond motifs is 1. The monoisotopic (exact) mass is 407 g/mol. The molecular formula is C22H15ClFN3O2. The standard InChI is InChI=1S/C22H15ClFN3O2/c23-16-9-7-14(8-10-16)13-27-20-15(4-3-11-25-20)12-17(22(27)29)21(28)26-19-6-2-1-5-18(19)24/h1-12H,13H2,(H,26,28). The number of benzene rings is 2. The molecule has 0 bridgehead atoms. The molecule has 144 valence electrons. The fraction of sp³-hybridized carbons (Fsp3) is 0.0455. The van der Waals surface area contributed by atoms with Crippen LogP contribution in [0, 0.1) is 5.82 Å². The van der Waals surface area contributed by atoms with E-state index in [2.05, 4.69) is 10.3 Å². The average molecular weight is 408 g/mol. The molecule has 0 fully saturated rings. The van der Waals surface area contributed by atoms with E-state index in [0.29, 0.717) is 16.1 Å². The van der Waals surface area contributed by atoms with Gasteiger partial charge in [0, 0.05) is 16.6 Å². The van der Waals surface area contributed by atoms with Crippen LogP contribution in [0.1, 0.15) is 15.9 Å². The first-order valence-corrected chi connectivity index (χ1v) is 9.19. The second kappa shape index (κ2) is 7.85. The maximum atomic E-state index is 13.9. The third kappa shape index (κ3) is 3.88. The summed E-state index contributed by atoms with van der Waals surface area (Å²) in [7, 11) is 0. The van der Waals surface area contributed by atoms with Crippen molar-refractivity contribution >= 4 is 34.2 Å². The van der Waals surface area contributed by atoms with Gasteiger partial charge in [-0.25, -0.2) is 9.37 Å². The third-order valence-corrected chi connectivity index (χ3v) is 4.72. The topological polar surface area (TPSA) is 64.0 Å². The largest absolute Gasteiger partial charge is 0.319 e. The molecule has 7 heteroatoms. The molecule has 1 N–H and O–H groups in total. The van der Waals surface area contributed by atoms with Crippen molar-refractivity contribution < 1.29 is 9.18 Å². The summed E-state index contributed by atoms with van der Waals surface area (Å²) in [6, 6.07) is 17.8. The Hall–Kier alpha value is -3.51. The van der Waals surface area contributed by atoms with Crippen molar-refractivity contribution in [2.24, 2.45) is 0 Å². The van der Waals surface area contributed by atoms with Crippen molar-refractivity contribution in [1.29, 1.82) is 0 Å². The highest BCUT2D eigenvalue weighted by Gasteiger charge is 2.18. The molecule has 0 aliphatic rings. The number of para-hydroxylation sites is 1. The Kier molecular flexibility index (Phi) is 5.10. The minimum absolute atomic E-state index is 0.00688. The molecule has 1 amide bonds. The number of rotatable bonds is 4. The SMILES string of the molecule is O=C(Nc1ccccc1F)c1cc2cccnc2n(Cc2ccc(Cl)cc2)c1=O. The number of anilines is 1. The van der Waals surface area contributed by atoms with E-state index in [1.807, 2.05) is 0 Å². The van der Waals surface area contributed by atoms with Crippen molar-refractivity contribution in [3.63, 3.8) is 0 Å². The lowest BCUT2D eigenvalue weighted by Gasteiger charge is -2.13. The Bertz CT molecular complexity index is 1270. The summed E-state index contributed by atoms with van der Waals surface area (Å²) in [6.07, 6.45) is 1.58. The zero-order valence-corrected chi connectivity index (χ0v) is 15.9. The number of carbonyl (C=O) groups is 1. The lowest BCUT2D eigenvalue weighted by molar-refractivity contribution is 0.102. The lowest BCUT2D eigenvalue weighted by atomic mass is 10.1. The van der Waals surface area contributed by atoms with Crippen LogP contribution in [-0.2, 0) is 6.54 Å². The van der Waals surface area contributed by atoms with Crippen LogP contribution in [0.25, 0.3) is 11.0 Å². The third-order valence-electron chi connectivity index (χ3n) is 4.47. The van der Waals surface area contributed by atoms with Gasteiger partial charge in [-0.15, -0.1) is 0 Å². The molecule has 0 unspecified atom stereocenters. The molecule has 0 atom stereocenters. The quantitative estimate of drug-likeness (QED) is 0.542. The summed E-state index contributed by atoms with van der Waals surface area (Å²) in [4.78, 5) is 30.2. The van der Waals surface area contributed by atoms with Crippen LogP contribution in [0.3, 0.4) is 0 Å². The summed E-state index contributed by atoms with van der Waals surface area (Å²) in [5, 5.41) is 3.68. The number of nitrogens with zero attached hydrogens (tertiary/aromatic N) is 2. The van der Waals surface area contributed by atoms with Crippen molar-refractivity contribution in [2.45, 2.75) is 6.54 Å². The van der Waals surface area contributed by atoms with Gasteiger partial charge in [-0.2, -0.15) is 0 Å². The molecule has 0 aliphatic carbocycles. The Morgan fingerprint density at radius 1 is 1.07 bits per heavy atom. The molecule has 4 rings (SSSR count). The number of aromatic nitrogens is 2. The Morgan fingerprint density at radius 2 is 1.83 bits per heavy atom. The first-order chi connectivity index (χ1) is 14.0. The van der Waals surface area contributed by atoms with Gasteiger partial charge in [0.25, 0.3) is 11.5 Å². The van der Waals surface area contributed by atoms with Crippen molar-refractivity contribution in [3.05, 3.63) is 105 Å². The highest BCUT2D eigenvalue weighted by atomic mass is 35.5. The molecule has 0 radical (unpaired) electrons. The number of nitrogens with one attached hydrogen (secondary N) is 1. The van der Waals surface area contributed by atoms with Gasteiger partial charge in [-0.3, -0.25) is 14.2 Å². The minimum atomic E-state index is -0.685. The fourth-order valence-electron chi connectivity index (χ4n) is 3.04. The molecule has 0 aliphatic heterocycles. The predicted octanol–water partition coefficient (Wildman–Crippen LogP) is 4.49. The van der Waals surface area contributed by atoms with Crippen LogP contribution >= 0.6 is 11.6 Å². The first kappa shape index (κ1) is 18.8. The van der Waals surface area contributed by atoms with E-state index in [0.717, 1.165) is 5.56 Å². The molecule has 4 aromatic rings. The van der Waals surface area contributed by atoms with Crippen LogP contribution in [0.15, 0.2) is 77.7 Å². The van der Waals surface area contributed by atoms with Gasteiger partial charge in [-0.05, 0) is 48.0 Å². The number of halogens is 2. The normalized spacial score (nSPS) is 10.8. The average Bonchev–Trinajstić information content (AvgIpc) is 2.73. The van der Waals surface area contributed by atoms with Crippen LogP contribution in [0.4, 0.5) is 10.1 Å². The van der Waals surface area contributed by atoms with Gasteiger partial charge in [0.15, 0.2) is 0 Å². The highest BCUT2D eigenvalue weighted by Crippen LogP contribution is 2.17. The van der Waals surface area contributed by atoms with E-state index in [1.165, 1.54) is 28.8 Å². The molecule has 0 saturated carbocycles. The van der Waals surface area contributed by atoms with Gasteiger partial charge in [-0.1, -0.05) is 35.9 Å². The highest BCUT2D eigenvalue weighted by molar-refractivity contribution is 6.30. The molecule has 0 saturated heterocycles.